The van der Waals surface area contributed by atoms with Gasteiger partial charge in [0.2, 0.25) is 5.91 Å². The molecule has 1 amide bonds. The summed E-state index contributed by atoms with van der Waals surface area (Å²) in [4.78, 5) is 12.0. The van der Waals surface area contributed by atoms with Gasteiger partial charge in [0.05, 0.1) is 23.7 Å². The highest BCUT2D eigenvalue weighted by molar-refractivity contribution is 9.10. The highest BCUT2D eigenvalue weighted by Crippen LogP contribution is 2.27. The Labute approximate surface area is 133 Å². The summed E-state index contributed by atoms with van der Waals surface area (Å²) in [5.41, 5.74) is 6.85. The second-order valence-electron chi connectivity index (χ2n) is 4.51. The lowest BCUT2D eigenvalue weighted by Gasteiger charge is -2.18. The van der Waals surface area contributed by atoms with Crippen molar-refractivity contribution >= 4 is 33.6 Å². The molecule has 0 saturated heterocycles. The van der Waals surface area contributed by atoms with Crippen molar-refractivity contribution in [2.45, 2.75) is 25.4 Å². The highest BCUT2D eigenvalue weighted by Gasteiger charge is 2.16. The molecular formula is C14H21BrN2O2S. The molecule has 2 atom stereocenters. The minimum atomic E-state index is -0.452. The predicted molar refractivity (Wildman–Crippen MR) is 88.2 cm³/mol. The Morgan fingerprint density at radius 3 is 2.80 bits per heavy atom. The van der Waals surface area contributed by atoms with Crippen molar-refractivity contribution in [3.05, 3.63) is 28.2 Å². The fraction of sp³-hybridized carbons (Fsp3) is 0.500. The molecule has 1 rings (SSSR count). The Kier molecular flexibility index (Phi) is 7.40. The zero-order chi connectivity index (χ0) is 15.1. The van der Waals surface area contributed by atoms with Crippen LogP contribution in [0.25, 0.3) is 0 Å². The van der Waals surface area contributed by atoms with E-state index >= 15 is 0 Å². The Morgan fingerprint density at radius 1 is 1.55 bits per heavy atom. The predicted octanol–water partition coefficient (Wildman–Crippen LogP) is 2.72. The van der Waals surface area contributed by atoms with Gasteiger partial charge >= 0.3 is 0 Å². The van der Waals surface area contributed by atoms with Gasteiger partial charge in [-0.05, 0) is 59.0 Å². The van der Waals surface area contributed by atoms with Crippen LogP contribution in [-0.4, -0.2) is 31.1 Å². The van der Waals surface area contributed by atoms with Crippen molar-refractivity contribution in [2.75, 3.05) is 19.1 Å². The summed E-state index contributed by atoms with van der Waals surface area (Å²) in [6, 6.07) is 5.20. The van der Waals surface area contributed by atoms with E-state index in [2.05, 4.69) is 21.2 Å². The Balaban J connectivity index is 2.64. The largest absolute Gasteiger partial charge is 0.496 e. The summed E-state index contributed by atoms with van der Waals surface area (Å²) in [5, 5.41) is 2.93. The first-order valence-corrected chi connectivity index (χ1v) is 8.56. The van der Waals surface area contributed by atoms with Gasteiger partial charge in [-0.15, -0.1) is 0 Å². The maximum absolute atomic E-state index is 12.0. The van der Waals surface area contributed by atoms with Gasteiger partial charge in [0, 0.05) is 0 Å². The summed E-state index contributed by atoms with van der Waals surface area (Å²) in [6.07, 6.45) is 2.69. The van der Waals surface area contributed by atoms with E-state index in [-0.39, 0.29) is 11.9 Å². The molecule has 0 saturated carbocycles. The van der Waals surface area contributed by atoms with Crippen LogP contribution in [0.2, 0.25) is 0 Å². The monoisotopic (exact) mass is 360 g/mol. The summed E-state index contributed by atoms with van der Waals surface area (Å²) in [5.74, 6) is 1.54. The van der Waals surface area contributed by atoms with Gasteiger partial charge in [-0.3, -0.25) is 4.79 Å². The first-order valence-electron chi connectivity index (χ1n) is 6.38. The number of benzene rings is 1. The molecule has 0 fully saturated rings. The van der Waals surface area contributed by atoms with Gasteiger partial charge in [0.15, 0.2) is 0 Å². The lowest BCUT2D eigenvalue weighted by atomic mass is 10.1. The second-order valence-corrected chi connectivity index (χ2v) is 6.35. The molecule has 20 heavy (non-hydrogen) atoms. The molecule has 6 heteroatoms. The normalized spacial score (nSPS) is 13.7. The van der Waals surface area contributed by atoms with Crippen molar-refractivity contribution < 1.29 is 9.53 Å². The number of nitrogens with one attached hydrogen (secondary N) is 1. The van der Waals surface area contributed by atoms with Crippen LogP contribution < -0.4 is 15.8 Å². The third-order valence-corrected chi connectivity index (χ3v) is 4.27. The molecule has 1 aromatic carbocycles. The third-order valence-electron chi connectivity index (χ3n) is 3.00. The number of rotatable bonds is 7. The standard InChI is InChI=1S/C14H21BrN2O2S/c1-9(17-14(18)12(16)6-7-20-3)10-4-5-13(19-2)11(15)8-10/h4-5,8-9,12H,6-7,16H2,1-3H3,(H,17,18)/t9?,12-/m1/s1. The molecular weight excluding hydrogens is 340 g/mol. The SMILES string of the molecule is COc1ccc(C(C)NC(=O)[C@H](N)CCSC)cc1Br. The number of ether oxygens (including phenoxy) is 1. The summed E-state index contributed by atoms with van der Waals surface area (Å²) in [6.45, 7) is 1.94. The number of thioether (sulfide) groups is 1. The number of carbonyl (C=O) groups excluding carboxylic acids is 1. The van der Waals surface area contributed by atoms with E-state index in [1.165, 1.54) is 0 Å². The van der Waals surface area contributed by atoms with Gasteiger partial charge in [0.25, 0.3) is 0 Å². The van der Waals surface area contributed by atoms with Gasteiger partial charge in [-0.2, -0.15) is 11.8 Å². The topological polar surface area (TPSA) is 64.3 Å². The van der Waals surface area contributed by atoms with Crippen LogP contribution >= 0.6 is 27.7 Å². The fourth-order valence-electron chi connectivity index (χ4n) is 1.73. The van der Waals surface area contributed by atoms with Crippen molar-refractivity contribution in [1.29, 1.82) is 0 Å². The molecule has 0 spiro atoms. The molecule has 0 aliphatic rings. The molecule has 1 aromatic rings. The molecule has 0 bridgehead atoms. The van der Waals surface area contributed by atoms with Crippen LogP contribution in [-0.2, 0) is 4.79 Å². The maximum atomic E-state index is 12.0. The number of hydrogen-bond acceptors (Lipinski definition) is 4. The summed E-state index contributed by atoms with van der Waals surface area (Å²) in [7, 11) is 1.62. The van der Waals surface area contributed by atoms with Crippen molar-refractivity contribution in [1.82, 2.24) is 5.32 Å². The Bertz CT molecular complexity index is 457. The minimum Gasteiger partial charge on any atom is -0.496 e. The summed E-state index contributed by atoms with van der Waals surface area (Å²) < 4.78 is 6.05. The minimum absolute atomic E-state index is 0.0926. The third kappa shape index (κ3) is 5.00. The van der Waals surface area contributed by atoms with Gasteiger partial charge < -0.3 is 15.8 Å². The molecule has 0 radical (unpaired) electrons. The van der Waals surface area contributed by atoms with E-state index < -0.39 is 6.04 Å². The zero-order valence-corrected chi connectivity index (χ0v) is 14.4. The van der Waals surface area contributed by atoms with Gasteiger partial charge in [0.1, 0.15) is 5.75 Å². The Hall–Kier alpha value is -0.720. The van der Waals surface area contributed by atoms with Crippen LogP contribution in [0.4, 0.5) is 0 Å². The van der Waals surface area contributed by atoms with E-state index in [1.807, 2.05) is 31.4 Å². The van der Waals surface area contributed by atoms with Crippen LogP contribution in [0, 0.1) is 0 Å². The van der Waals surface area contributed by atoms with Crippen molar-refractivity contribution in [2.24, 2.45) is 5.73 Å². The zero-order valence-electron chi connectivity index (χ0n) is 12.0. The molecule has 112 valence electrons. The second kappa shape index (κ2) is 8.54. The van der Waals surface area contributed by atoms with Gasteiger partial charge in [-0.25, -0.2) is 0 Å². The molecule has 0 heterocycles. The molecule has 1 unspecified atom stereocenters. The fourth-order valence-corrected chi connectivity index (χ4v) is 2.78. The quantitative estimate of drug-likeness (QED) is 0.784. The lowest BCUT2D eigenvalue weighted by molar-refractivity contribution is -0.123. The van der Waals surface area contributed by atoms with E-state index in [0.717, 1.165) is 21.5 Å². The van der Waals surface area contributed by atoms with Crippen LogP contribution in [0.3, 0.4) is 0 Å². The van der Waals surface area contributed by atoms with E-state index in [4.69, 9.17) is 10.5 Å². The maximum Gasteiger partial charge on any atom is 0.237 e. The number of halogens is 1. The van der Waals surface area contributed by atoms with Crippen molar-refractivity contribution in [3.63, 3.8) is 0 Å². The number of hydrogen-bond donors (Lipinski definition) is 2. The van der Waals surface area contributed by atoms with Crippen LogP contribution in [0.1, 0.15) is 24.9 Å². The van der Waals surface area contributed by atoms with Gasteiger partial charge in [-0.1, -0.05) is 6.07 Å². The van der Waals surface area contributed by atoms with Crippen molar-refractivity contribution in [3.8, 4) is 5.75 Å². The number of amides is 1. The molecule has 3 N–H and O–H groups in total. The van der Waals surface area contributed by atoms with E-state index in [0.29, 0.717) is 6.42 Å². The van der Waals surface area contributed by atoms with Crippen LogP contribution in [0.15, 0.2) is 22.7 Å². The smallest absolute Gasteiger partial charge is 0.237 e. The molecule has 0 aromatic heterocycles. The highest BCUT2D eigenvalue weighted by atomic mass is 79.9. The lowest BCUT2D eigenvalue weighted by Crippen LogP contribution is -2.41. The summed E-state index contributed by atoms with van der Waals surface area (Å²) >= 11 is 5.13. The van der Waals surface area contributed by atoms with Crippen LogP contribution in [0.5, 0.6) is 5.75 Å². The molecule has 0 aliphatic carbocycles. The molecule has 4 nitrogen and oxygen atoms in total. The van der Waals surface area contributed by atoms with E-state index in [1.54, 1.807) is 18.9 Å². The molecule has 0 aliphatic heterocycles. The number of nitrogens with two attached hydrogens (primary N) is 1. The number of carbonyl (C=O) groups is 1. The van der Waals surface area contributed by atoms with E-state index in [9.17, 15) is 4.79 Å². The average molecular weight is 361 g/mol. The first-order chi connectivity index (χ1) is 9.49. The average Bonchev–Trinajstić information content (AvgIpc) is 2.44. The first kappa shape index (κ1) is 17.3. The number of methoxy groups -OCH3 is 1. The Morgan fingerprint density at radius 2 is 2.25 bits per heavy atom.